The summed E-state index contributed by atoms with van der Waals surface area (Å²) in [6.45, 7) is 5.79. The van der Waals surface area contributed by atoms with Crippen LogP contribution in [0.3, 0.4) is 0 Å². The zero-order valence-electron chi connectivity index (χ0n) is 13.9. The van der Waals surface area contributed by atoms with E-state index in [2.05, 4.69) is 46.1 Å². The molecule has 23 heavy (non-hydrogen) atoms. The number of hydrogen-bond acceptors (Lipinski definition) is 5. The molecule has 0 aliphatic heterocycles. The third kappa shape index (κ3) is 4.56. The first kappa shape index (κ1) is 17.0. The van der Waals surface area contributed by atoms with Gasteiger partial charge in [-0.05, 0) is 32.1 Å². The second-order valence-electron chi connectivity index (χ2n) is 5.36. The number of carbonyl (C=O) groups is 1. The zero-order valence-corrected chi connectivity index (χ0v) is 13.9. The summed E-state index contributed by atoms with van der Waals surface area (Å²) in [5, 5.41) is 2.95. The second-order valence-corrected chi connectivity index (χ2v) is 5.36. The number of hydrogen-bond donors (Lipinski definition) is 1. The average Bonchev–Trinajstić information content (AvgIpc) is 2.62. The van der Waals surface area contributed by atoms with Crippen molar-refractivity contribution in [2.75, 3.05) is 20.1 Å². The highest BCUT2D eigenvalue weighted by Gasteiger charge is 2.14. The van der Waals surface area contributed by atoms with Gasteiger partial charge in [-0.25, -0.2) is 9.97 Å². The summed E-state index contributed by atoms with van der Waals surface area (Å²) in [5.74, 6) is 0.361. The Morgan fingerprint density at radius 1 is 1.22 bits per heavy atom. The summed E-state index contributed by atoms with van der Waals surface area (Å²) in [7, 11) is 2.06. The van der Waals surface area contributed by atoms with Crippen molar-refractivity contribution in [2.24, 2.45) is 0 Å². The predicted molar refractivity (Wildman–Crippen MR) is 90.0 cm³/mol. The molecule has 6 nitrogen and oxygen atoms in total. The molecular formula is C17H23N5O. The van der Waals surface area contributed by atoms with Gasteiger partial charge in [0.25, 0.3) is 5.91 Å². The third-order valence-electron chi connectivity index (χ3n) is 3.90. The molecular weight excluding hydrogens is 290 g/mol. The van der Waals surface area contributed by atoms with E-state index in [1.54, 1.807) is 6.20 Å². The second kappa shape index (κ2) is 8.33. The van der Waals surface area contributed by atoms with Crippen molar-refractivity contribution in [1.29, 1.82) is 0 Å². The highest BCUT2D eigenvalue weighted by molar-refractivity contribution is 5.93. The maximum absolute atomic E-state index is 12.2. The van der Waals surface area contributed by atoms with Crippen molar-refractivity contribution in [3.05, 3.63) is 42.4 Å². The van der Waals surface area contributed by atoms with Gasteiger partial charge in [0.15, 0.2) is 5.82 Å². The van der Waals surface area contributed by atoms with Gasteiger partial charge in [0.1, 0.15) is 5.69 Å². The monoisotopic (exact) mass is 313 g/mol. The van der Waals surface area contributed by atoms with Gasteiger partial charge in [-0.1, -0.05) is 19.9 Å². The molecule has 1 N–H and O–H groups in total. The molecule has 0 fully saturated rings. The van der Waals surface area contributed by atoms with E-state index in [1.165, 1.54) is 12.4 Å². The molecule has 0 aromatic carbocycles. The lowest BCUT2D eigenvalue weighted by molar-refractivity contribution is 0.0937. The van der Waals surface area contributed by atoms with Gasteiger partial charge in [0.2, 0.25) is 0 Å². The van der Waals surface area contributed by atoms with Crippen molar-refractivity contribution in [1.82, 2.24) is 25.2 Å². The van der Waals surface area contributed by atoms with Gasteiger partial charge in [-0.2, -0.15) is 0 Å². The van der Waals surface area contributed by atoms with Crippen LogP contribution in [0.25, 0.3) is 11.5 Å². The molecule has 2 rings (SSSR count). The van der Waals surface area contributed by atoms with Crippen LogP contribution in [-0.2, 0) is 0 Å². The lowest BCUT2D eigenvalue weighted by atomic mass is 10.2. The Balaban J connectivity index is 1.98. The Morgan fingerprint density at radius 3 is 2.52 bits per heavy atom. The van der Waals surface area contributed by atoms with E-state index < -0.39 is 0 Å². The summed E-state index contributed by atoms with van der Waals surface area (Å²) in [6, 6.07) is 5.88. The highest BCUT2D eigenvalue weighted by Crippen LogP contribution is 2.10. The first-order chi connectivity index (χ1) is 11.2. The van der Waals surface area contributed by atoms with Gasteiger partial charge in [-0.3, -0.25) is 9.78 Å². The number of pyridine rings is 1. The molecule has 0 aliphatic carbocycles. The predicted octanol–water partition coefficient (Wildman–Crippen LogP) is 2.00. The van der Waals surface area contributed by atoms with Crippen LogP contribution < -0.4 is 5.32 Å². The van der Waals surface area contributed by atoms with Crippen molar-refractivity contribution < 1.29 is 4.79 Å². The van der Waals surface area contributed by atoms with Crippen LogP contribution in [0.4, 0.5) is 0 Å². The maximum Gasteiger partial charge on any atom is 0.254 e. The maximum atomic E-state index is 12.2. The normalized spacial score (nSPS) is 12.2. The smallest absolute Gasteiger partial charge is 0.254 e. The van der Waals surface area contributed by atoms with Crippen molar-refractivity contribution >= 4 is 5.91 Å². The average molecular weight is 313 g/mol. The summed E-state index contributed by atoms with van der Waals surface area (Å²) < 4.78 is 0. The van der Waals surface area contributed by atoms with Crippen LogP contribution >= 0.6 is 0 Å². The van der Waals surface area contributed by atoms with Crippen LogP contribution in [0.5, 0.6) is 0 Å². The molecule has 2 aromatic rings. The Morgan fingerprint density at radius 2 is 1.96 bits per heavy atom. The number of carbonyl (C=O) groups excluding carboxylic acids is 1. The van der Waals surface area contributed by atoms with E-state index in [9.17, 15) is 4.79 Å². The van der Waals surface area contributed by atoms with E-state index >= 15 is 0 Å². The number of likely N-dealkylation sites (N-methyl/N-ethyl adjacent to an activating group) is 1. The Bertz CT molecular complexity index is 615. The minimum absolute atomic E-state index is 0.152. The van der Waals surface area contributed by atoms with Crippen molar-refractivity contribution in [2.45, 2.75) is 26.3 Å². The van der Waals surface area contributed by atoms with E-state index in [0.717, 1.165) is 13.0 Å². The molecule has 122 valence electrons. The van der Waals surface area contributed by atoms with Gasteiger partial charge in [0.05, 0.1) is 5.56 Å². The van der Waals surface area contributed by atoms with E-state index in [-0.39, 0.29) is 5.91 Å². The number of nitrogens with one attached hydrogen (secondary N) is 1. The molecule has 1 atom stereocenters. The Hall–Kier alpha value is -2.34. The van der Waals surface area contributed by atoms with Gasteiger partial charge in [-0.15, -0.1) is 0 Å². The van der Waals surface area contributed by atoms with E-state index in [0.29, 0.717) is 29.7 Å². The fourth-order valence-electron chi connectivity index (χ4n) is 2.26. The summed E-state index contributed by atoms with van der Waals surface area (Å²) >= 11 is 0. The third-order valence-corrected chi connectivity index (χ3v) is 3.90. The van der Waals surface area contributed by atoms with Crippen LogP contribution in [-0.4, -0.2) is 51.9 Å². The SMILES string of the molecule is CC[C@H](CNC(=O)c1cnc(-c2ccccn2)nc1)N(C)CC. The molecule has 0 saturated heterocycles. The van der Waals surface area contributed by atoms with Crippen LogP contribution in [0.1, 0.15) is 30.6 Å². The standard InChI is InChI=1S/C17H23N5O/c1-4-14(22(3)5-2)12-21-17(23)13-10-19-16(20-11-13)15-8-6-7-9-18-15/h6-11,14H,4-5,12H2,1-3H3,(H,21,23)/t14-/m1/s1. The Labute approximate surface area is 137 Å². The van der Waals surface area contributed by atoms with Crippen LogP contribution in [0.2, 0.25) is 0 Å². The molecule has 1 amide bonds. The number of rotatable bonds is 7. The van der Waals surface area contributed by atoms with Crippen molar-refractivity contribution in [3.8, 4) is 11.5 Å². The molecule has 2 heterocycles. The quantitative estimate of drug-likeness (QED) is 0.846. The first-order valence-electron chi connectivity index (χ1n) is 7.87. The minimum Gasteiger partial charge on any atom is -0.350 e. The molecule has 6 heteroatoms. The summed E-state index contributed by atoms with van der Waals surface area (Å²) in [5.41, 5.74) is 1.15. The molecule has 2 aromatic heterocycles. The van der Waals surface area contributed by atoms with E-state index in [1.807, 2.05) is 18.2 Å². The van der Waals surface area contributed by atoms with Crippen LogP contribution in [0, 0.1) is 0 Å². The topological polar surface area (TPSA) is 71.0 Å². The lowest BCUT2D eigenvalue weighted by Gasteiger charge is -2.25. The first-order valence-corrected chi connectivity index (χ1v) is 7.87. The van der Waals surface area contributed by atoms with Gasteiger partial charge < -0.3 is 10.2 Å². The minimum atomic E-state index is -0.152. The molecule has 0 radical (unpaired) electrons. The van der Waals surface area contributed by atoms with Gasteiger partial charge >= 0.3 is 0 Å². The largest absolute Gasteiger partial charge is 0.350 e. The number of amides is 1. The molecule has 0 bridgehead atoms. The zero-order chi connectivity index (χ0) is 16.7. The van der Waals surface area contributed by atoms with Crippen LogP contribution in [0.15, 0.2) is 36.8 Å². The fraction of sp³-hybridized carbons (Fsp3) is 0.412. The Kier molecular flexibility index (Phi) is 6.17. The molecule has 0 saturated carbocycles. The van der Waals surface area contributed by atoms with Gasteiger partial charge in [0, 0.05) is 31.2 Å². The van der Waals surface area contributed by atoms with Crippen molar-refractivity contribution in [3.63, 3.8) is 0 Å². The summed E-state index contributed by atoms with van der Waals surface area (Å²) in [6.07, 6.45) is 5.75. The molecule has 0 aliphatic rings. The molecule has 0 unspecified atom stereocenters. The molecule has 0 spiro atoms. The highest BCUT2D eigenvalue weighted by atomic mass is 16.1. The number of aromatic nitrogens is 3. The lowest BCUT2D eigenvalue weighted by Crippen LogP contribution is -2.41. The fourth-order valence-corrected chi connectivity index (χ4v) is 2.26. The number of nitrogens with zero attached hydrogens (tertiary/aromatic N) is 4. The van der Waals surface area contributed by atoms with E-state index in [4.69, 9.17) is 0 Å². The summed E-state index contributed by atoms with van der Waals surface area (Å²) in [4.78, 5) is 27.1.